The van der Waals surface area contributed by atoms with Crippen molar-refractivity contribution in [2.45, 2.75) is 18.1 Å². The number of rotatable bonds is 8. The van der Waals surface area contributed by atoms with Gasteiger partial charge >= 0.3 is 5.97 Å². The Morgan fingerprint density at radius 3 is 2.27 bits per heavy atom. The number of Topliss-reactive ketones (excluding diaryl/α,β-unsaturated/α-hetero) is 1. The number of hydrogen-bond donors (Lipinski definition) is 1. The average molecular weight is 507 g/mol. The SMILES string of the molecule is C=C/C=C\C=C(/C)C1C(C(=O)OC)C(=O)C2(O)c3c(OC)cc(OC)cc3OC12c1ccc(OC)cc1. The maximum atomic E-state index is 14.2. The number of esters is 1. The van der Waals surface area contributed by atoms with Crippen LogP contribution in [-0.4, -0.2) is 45.3 Å². The summed E-state index contributed by atoms with van der Waals surface area (Å²) in [5.74, 6) is -2.42. The zero-order valence-corrected chi connectivity index (χ0v) is 21.4. The van der Waals surface area contributed by atoms with Gasteiger partial charge in [0.2, 0.25) is 5.60 Å². The van der Waals surface area contributed by atoms with Crippen LogP contribution in [0, 0.1) is 11.8 Å². The van der Waals surface area contributed by atoms with E-state index in [2.05, 4.69) is 6.58 Å². The normalized spacial score (nSPS) is 26.3. The van der Waals surface area contributed by atoms with Crippen molar-refractivity contribution in [2.75, 3.05) is 28.4 Å². The maximum Gasteiger partial charge on any atom is 0.317 e. The van der Waals surface area contributed by atoms with Crippen molar-refractivity contribution in [2.24, 2.45) is 11.8 Å². The van der Waals surface area contributed by atoms with E-state index in [1.165, 1.54) is 28.4 Å². The Morgan fingerprint density at radius 2 is 1.70 bits per heavy atom. The molecular formula is C29H30O8. The van der Waals surface area contributed by atoms with Crippen LogP contribution in [0.5, 0.6) is 23.0 Å². The summed E-state index contributed by atoms with van der Waals surface area (Å²) < 4.78 is 28.0. The molecule has 2 aromatic rings. The topological polar surface area (TPSA) is 101 Å². The highest BCUT2D eigenvalue weighted by Gasteiger charge is 2.78. The molecule has 1 N–H and O–H groups in total. The van der Waals surface area contributed by atoms with Gasteiger partial charge in [0.15, 0.2) is 11.4 Å². The lowest BCUT2D eigenvalue weighted by molar-refractivity contribution is -0.155. The summed E-state index contributed by atoms with van der Waals surface area (Å²) in [5, 5.41) is 12.6. The standard InChI is InChI=1S/C29H30O8/c1-7-8-9-10-17(2)24-23(27(31)36-6)26(30)28(32)25-21(35-5)15-20(34-4)16-22(25)37-29(24,28)18-11-13-19(33-3)14-12-18/h7-16,23-24,32H,1H2,2-6H3/b9-8-,17-10+. The van der Waals surface area contributed by atoms with Gasteiger partial charge in [0.25, 0.3) is 0 Å². The van der Waals surface area contributed by atoms with Gasteiger partial charge in [-0.1, -0.05) is 48.6 Å². The molecular weight excluding hydrogens is 476 g/mol. The Kier molecular flexibility index (Phi) is 6.88. The van der Waals surface area contributed by atoms with Crippen molar-refractivity contribution in [3.8, 4) is 23.0 Å². The summed E-state index contributed by atoms with van der Waals surface area (Å²) in [6, 6.07) is 10.00. The van der Waals surface area contributed by atoms with Crippen molar-refractivity contribution >= 4 is 11.8 Å². The lowest BCUT2D eigenvalue weighted by atomic mass is 9.70. The van der Waals surface area contributed by atoms with Gasteiger partial charge in [-0.3, -0.25) is 9.59 Å². The number of ketones is 1. The predicted octanol–water partition coefficient (Wildman–Crippen LogP) is 3.86. The van der Waals surface area contributed by atoms with Crippen molar-refractivity contribution < 1.29 is 38.4 Å². The molecule has 4 atom stereocenters. The molecule has 0 spiro atoms. The van der Waals surface area contributed by atoms with Gasteiger partial charge in [-0.2, -0.15) is 0 Å². The number of fused-ring (bicyclic) bond motifs is 3. The molecule has 1 heterocycles. The summed E-state index contributed by atoms with van der Waals surface area (Å²) in [5.41, 5.74) is -2.82. The van der Waals surface area contributed by atoms with Crippen LogP contribution in [0.15, 0.2) is 72.9 Å². The Balaban J connectivity index is 2.11. The number of carbonyl (C=O) groups excluding carboxylic acids is 2. The summed E-state index contributed by atoms with van der Waals surface area (Å²) in [7, 11) is 5.66. The highest BCUT2D eigenvalue weighted by Crippen LogP contribution is 2.67. The van der Waals surface area contributed by atoms with Gasteiger partial charge < -0.3 is 28.8 Å². The van der Waals surface area contributed by atoms with Crippen LogP contribution in [0.2, 0.25) is 0 Å². The Hall–Kier alpha value is -4.04. The van der Waals surface area contributed by atoms with E-state index in [0.29, 0.717) is 22.6 Å². The second kappa shape index (κ2) is 9.78. The van der Waals surface area contributed by atoms with Crippen LogP contribution < -0.4 is 18.9 Å². The first-order valence-electron chi connectivity index (χ1n) is 11.7. The van der Waals surface area contributed by atoms with Crippen LogP contribution in [0.1, 0.15) is 18.1 Å². The fourth-order valence-electron chi connectivity index (χ4n) is 5.55. The second-order valence-corrected chi connectivity index (χ2v) is 8.85. The minimum Gasteiger partial charge on any atom is -0.497 e. The summed E-state index contributed by atoms with van der Waals surface area (Å²) >= 11 is 0. The van der Waals surface area contributed by atoms with Crippen LogP contribution in [0.3, 0.4) is 0 Å². The molecule has 0 aromatic heterocycles. The van der Waals surface area contributed by atoms with E-state index in [4.69, 9.17) is 23.7 Å². The Labute approximate surface area is 215 Å². The molecule has 1 saturated carbocycles. The molecule has 2 aliphatic rings. The van der Waals surface area contributed by atoms with Gasteiger partial charge in [-0.15, -0.1) is 0 Å². The molecule has 0 saturated heterocycles. The van der Waals surface area contributed by atoms with Crippen LogP contribution >= 0.6 is 0 Å². The predicted molar refractivity (Wildman–Crippen MR) is 136 cm³/mol. The molecule has 194 valence electrons. The van der Waals surface area contributed by atoms with Crippen LogP contribution in [-0.2, 0) is 25.5 Å². The molecule has 4 unspecified atom stereocenters. The van der Waals surface area contributed by atoms with E-state index in [9.17, 15) is 14.7 Å². The van der Waals surface area contributed by atoms with Gasteiger partial charge in [0, 0.05) is 23.6 Å². The highest BCUT2D eigenvalue weighted by molar-refractivity contribution is 6.09. The molecule has 1 fully saturated rings. The first kappa shape index (κ1) is 26.0. The summed E-state index contributed by atoms with van der Waals surface area (Å²) in [4.78, 5) is 27.4. The van der Waals surface area contributed by atoms with E-state index >= 15 is 0 Å². The van der Waals surface area contributed by atoms with Crippen molar-refractivity contribution in [3.05, 3.63) is 84.0 Å². The van der Waals surface area contributed by atoms with Crippen LogP contribution in [0.25, 0.3) is 0 Å². The zero-order valence-electron chi connectivity index (χ0n) is 21.4. The average Bonchev–Trinajstić information content (AvgIpc) is 3.30. The molecule has 37 heavy (non-hydrogen) atoms. The van der Waals surface area contributed by atoms with Crippen LogP contribution in [0.4, 0.5) is 0 Å². The molecule has 8 heteroatoms. The Bertz CT molecular complexity index is 1290. The second-order valence-electron chi connectivity index (χ2n) is 8.85. The lowest BCUT2D eigenvalue weighted by Gasteiger charge is -2.39. The lowest BCUT2D eigenvalue weighted by Crippen LogP contribution is -2.51. The van der Waals surface area contributed by atoms with E-state index in [1.807, 2.05) is 0 Å². The molecule has 4 rings (SSSR count). The third-order valence-electron chi connectivity index (χ3n) is 7.15. The molecule has 0 radical (unpaired) electrons. The number of allylic oxidation sites excluding steroid dienone is 4. The van der Waals surface area contributed by atoms with Crippen molar-refractivity contribution in [1.82, 2.24) is 0 Å². The fourth-order valence-corrected chi connectivity index (χ4v) is 5.55. The number of ether oxygens (including phenoxy) is 5. The van der Waals surface area contributed by atoms with E-state index in [1.54, 1.807) is 67.6 Å². The third-order valence-corrected chi connectivity index (χ3v) is 7.15. The third kappa shape index (κ3) is 3.62. The van der Waals surface area contributed by atoms with Gasteiger partial charge in [-0.25, -0.2) is 0 Å². The van der Waals surface area contributed by atoms with Gasteiger partial charge in [0.1, 0.15) is 28.9 Å². The largest absolute Gasteiger partial charge is 0.497 e. The first-order chi connectivity index (χ1) is 17.7. The molecule has 1 aliphatic carbocycles. The van der Waals surface area contributed by atoms with E-state index < -0.39 is 34.8 Å². The molecule has 8 nitrogen and oxygen atoms in total. The monoisotopic (exact) mass is 506 g/mol. The number of benzene rings is 2. The minimum atomic E-state index is -2.30. The number of hydrogen-bond acceptors (Lipinski definition) is 8. The summed E-state index contributed by atoms with van der Waals surface area (Å²) in [6.07, 6.45) is 6.83. The zero-order chi connectivity index (χ0) is 27.0. The van der Waals surface area contributed by atoms with Gasteiger partial charge in [0.05, 0.1) is 34.0 Å². The maximum absolute atomic E-state index is 14.2. The van der Waals surface area contributed by atoms with Crippen molar-refractivity contribution in [1.29, 1.82) is 0 Å². The molecule has 0 bridgehead atoms. The number of aliphatic hydroxyl groups is 1. The quantitative estimate of drug-likeness (QED) is 0.327. The molecule has 2 aromatic carbocycles. The number of carbonyl (C=O) groups is 2. The Morgan fingerprint density at radius 1 is 1.03 bits per heavy atom. The van der Waals surface area contributed by atoms with E-state index in [-0.39, 0.29) is 17.1 Å². The summed E-state index contributed by atoms with van der Waals surface area (Å²) in [6.45, 7) is 5.46. The first-order valence-corrected chi connectivity index (χ1v) is 11.7. The number of methoxy groups -OCH3 is 4. The van der Waals surface area contributed by atoms with Gasteiger partial charge in [-0.05, 0) is 19.1 Å². The molecule has 0 amide bonds. The fraction of sp³-hybridized carbons (Fsp3) is 0.310. The van der Waals surface area contributed by atoms with Crippen molar-refractivity contribution in [3.63, 3.8) is 0 Å². The van der Waals surface area contributed by atoms with E-state index in [0.717, 1.165) is 0 Å². The minimum absolute atomic E-state index is 0.127. The molecule has 1 aliphatic heterocycles. The smallest absolute Gasteiger partial charge is 0.317 e. The highest BCUT2D eigenvalue weighted by atomic mass is 16.5.